The van der Waals surface area contributed by atoms with Crippen LogP contribution in [-0.2, 0) is 25.6 Å². The largest absolute Gasteiger partial charge is 0.443 e. The fourth-order valence-electron chi connectivity index (χ4n) is 5.44. The Hall–Kier alpha value is -4.45. The van der Waals surface area contributed by atoms with Crippen molar-refractivity contribution in [1.29, 1.82) is 0 Å². The molecule has 0 aliphatic carbocycles. The Morgan fingerprint density at radius 3 is 2.49 bits per heavy atom. The molecular formula is C35H49N7O5. The molecular weight excluding hydrogens is 598 g/mol. The zero-order valence-electron chi connectivity index (χ0n) is 28.7. The number of likely N-dealkylation sites (tertiary alicyclic amines) is 1. The number of nitrogens with zero attached hydrogens (tertiary/aromatic N) is 5. The van der Waals surface area contributed by atoms with E-state index < -0.39 is 17.7 Å². The number of carbonyl (C=O) groups is 3. The maximum absolute atomic E-state index is 13.9. The fourth-order valence-corrected chi connectivity index (χ4v) is 5.44. The Morgan fingerprint density at radius 2 is 1.87 bits per heavy atom. The van der Waals surface area contributed by atoms with Gasteiger partial charge in [0.25, 0.3) is 0 Å². The lowest BCUT2D eigenvalue weighted by Gasteiger charge is -2.39. The minimum absolute atomic E-state index is 0.135. The fraction of sp³-hybridized carbons (Fsp3) is 0.514. The third-order valence-corrected chi connectivity index (χ3v) is 7.88. The second-order valence-electron chi connectivity index (χ2n) is 12.8. The zero-order valence-corrected chi connectivity index (χ0v) is 28.7. The summed E-state index contributed by atoms with van der Waals surface area (Å²) in [4.78, 5) is 46.9. The number of hydrogen-bond donors (Lipinski definition) is 2. The van der Waals surface area contributed by atoms with Gasteiger partial charge in [0.15, 0.2) is 5.65 Å². The van der Waals surface area contributed by atoms with E-state index in [2.05, 4.69) is 36.2 Å². The minimum atomic E-state index is -0.745. The van der Waals surface area contributed by atoms with Crippen LogP contribution in [0.15, 0.2) is 49.2 Å². The normalized spacial score (nSPS) is 16.5. The van der Waals surface area contributed by atoms with Crippen molar-refractivity contribution >= 4 is 40.9 Å². The van der Waals surface area contributed by atoms with Gasteiger partial charge in [-0.15, -0.1) is 0 Å². The van der Waals surface area contributed by atoms with Crippen molar-refractivity contribution in [1.82, 2.24) is 19.5 Å². The predicted molar refractivity (Wildman–Crippen MR) is 184 cm³/mol. The molecule has 12 nitrogen and oxygen atoms in total. The van der Waals surface area contributed by atoms with Crippen molar-refractivity contribution in [3.63, 3.8) is 0 Å². The smallest absolute Gasteiger partial charge is 0.416 e. The molecule has 12 heteroatoms. The van der Waals surface area contributed by atoms with E-state index in [1.165, 1.54) is 11.0 Å². The number of anilines is 3. The summed E-state index contributed by atoms with van der Waals surface area (Å²) in [6.07, 6.45) is 4.76. The molecule has 0 bridgehead atoms. The zero-order chi connectivity index (χ0) is 34.3. The maximum atomic E-state index is 13.9. The van der Waals surface area contributed by atoms with Crippen LogP contribution in [0.5, 0.6) is 0 Å². The minimum Gasteiger partial charge on any atom is -0.443 e. The lowest BCUT2D eigenvalue weighted by atomic mass is 10.0. The van der Waals surface area contributed by atoms with Crippen LogP contribution in [0, 0.1) is 0 Å². The first-order valence-electron chi connectivity index (χ1n) is 16.5. The van der Waals surface area contributed by atoms with E-state index in [-0.39, 0.29) is 30.3 Å². The van der Waals surface area contributed by atoms with Gasteiger partial charge >= 0.3 is 6.09 Å². The molecule has 5 rings (SSSR count). The van der Waals surface area contributed by atoms with Gasteiger partial charge in [-0.2, -0.15) is 9.61 Å². The first-order valence-corrected chi connectivity index (χ1v) is 16.5. The van der Waals surface area contributed by atoms with Gasteiger partial charge in [-0.05, 0) is 69.7 Å². The summed E-state index contributed by atoms with van der Waals surface area (Å²) in [5.41, 5.74) is 2.19. The summed E-state index contributed by atoms with van der Waals surface area (Å²) in [5.74, 6) is 0.760. The first kappa shape index (κ1) is 35.4. The van der Waals surface area contributed by atoms with Crippen LogP contribution >= 0.6 is 0 Å². The molecule has 2 aliphatic heterocycles. The van der Waals surface area contributed by atoms with E-state index in [0.29, 0.717) is 49.1 Å². The second-order valence-corrected chi connectivity index (χ2v) is 12.8. The van der Waals surface area contributed by atoms with Crippen LogP contribution in [0.2, 0.25) is 0 Å². The molecule has 2 fully saturated rings. The molecule has 1 aromatic carbocycles. The Kier molecular flexibility index (Phi) is 11.6. The number of ether oxygens (including phenoxy) is 2. The number of benzene rings is 1. The summed E-state index contributed by atoms with van der Waals surface area (Å²) in [5, 5.41) is 11.1. The molecule has 0 saturated carbocycles. The van der Waals surface area contributed by atoms with Gasteiger partial charge in [0.1, 0.15) is 23.3 Å². The average molecular weight is 648 g/mol. The number of fused-ring (bicyclic) bond motifs is 1. The molecule has 3 amide bonds. The standard InChI is InChI=1S/C33H43N7O5.C2H6/c1-7-29(41)38-14-11-26(38)31(42)36-24-10-8-9-22(17-24)20-39(32(43)45-33(4,5)6)28-18-27(35-23-12-15-44-16-13-23)37-30-25(21(2)3)19-34-40(28)30;1-2/h7-10,17-19,21,23,26H,1,11-16,20H2,2-6H3,(H,35,37)(H,36,42);1-2H3. The Morgan fingerprint density at radius 1 is 1.15 bits per heavy atom. The van der Waals surface area contributed by atoms with Gasteiger partial charge in [0.2, 0.25) is 11.8 Å². The topological polar surface area (TPSA) is 130 Å². The van der Waals surface area contributed by atoms with Crippen molar-refractivity contribution < 1.29 is 23.9 Å². The highest BCUT2D eigenvalue weighted by molar-refractivity contribution is 6.00. The maximum Gasteiger partial charge on any atom is 0.416 e. The Balaban J connectivity index is 0.00000245. The van der Waals surface area contributed by atoms with Crippen molar-refractivity contribution in [3.8, 4) is 0 Å². The number of rotatable bonds is 9. The van der Waals surface area contributed by atoms with E-state index in [1.807, 2.05) is 58.9 Å². The van der Waals surface area contributed by atoms with E-state index >= 15 is 0 Å². The summed E-state index contributed by atoms with van der Waals surface area (Å²) in [6, 6.07) is 8.77. The average Bonchev–Trinajstić information content (AvgIpc) is 3.44. The second kappa shape index (κ2) is 15.4. The third-order valence-electron chi connectivity index (χ3n) is 7.88. The molecule has 2 saturated heterocycles. The van der Waals surface area contributed by atoms with E-state index in [1.54, 1.807) is 21.7 Å². The SMILES string of the molecule is C=CC(=O)N1CCC1C(=O)Nc1cccc(CN(C(=O)OC(C)(C)C)c2cc(NC3CCOCC3)nc3c(C(C)C)cnn23)c1.CC. The van der Waals surface area contributed by atoms with Crippen LogP contribution in [0.3, 0.4) is 0 Å². The summed E-state index contributed by atoms with van der Waals surface area (Å²) < 4.78 is 13.1. The molecule has 2 aliphatic rings. The highest BCUT2D eigenvalue weighted by atomic mass is 16.6. The van der Waals surface area contributed by atoms with E-state index in [9.17, 15) is 14.4 Å². The molecule has 254 valence electrons. The van der Waals surface area contributed by atoms with Crippen molar-refractivity contribution in [2.45, 2.75) is 97.9 Å². The van der Waals surface area contributed by atoms with Gasteiger partial charge in [-0.3, -0.25) is 14.5 Å². The molecule has 3 aromatic rings. The number of aromatic nitrogens is 3. The van der Waals surface area contributed by atoms with Crippen molar-refractivity contribution in [3.05, 3.63) is 60.3 Å². The molecule has 1 atom stereocenters. The van der Waals surface area contributed by atoms with Gasteiger partial charge in [0, 0.05) is 43.1 Å². The highest BCUT2D eigenvalue weighted by Crippen LogP contribution is 2.30. The molecule has 0 radical (unpaired) electrons. The Bertz CT molecular complexity index is 1570. The lowest BCUT2D eigenvalue weighted by Crippen LogP contribution is -2.56. The molecule has 4 heterocycles. The van der Waals surface area contributed by atoms with Crippen LogP contribution in [-0.4, -0.2) is 74.8 Å². The number of nitrogens with one attached hydrogen (secondary N) is 2. The van der Waals surface area contributed by atoms with Crippen LogP contribution < -0.4 is 15.5 Å². The molecule has 0 spiro atoms. The lowest BCUT2D eigenvalue weighted by molar-refractivity contribution is -0.141. The van der Waals surface area contributed by atoms with Gasteiger partial charge in [-0.1, -0.05) is 46.4 Å². The number of amides is 3. The first-order chi connectivity index (χ1) is 22.4. The summed E-state index contributed by atoms with van der Waals surface area (Å²) in [6.45, 7) is 19.2. The molecule has 2 N–H and O–H groups in total. The van der Waals surface area contributed by atoms with E-state index in [0.717, 1.165) is 24.0 Å². The molecule has 2 aromatic heterocycles. The number of carbonyl (C=O) groups excluding carboxylic acids is 3. The third kappa shape index (κ3) is 8.68. The monoisotopic (exact) mass is 647 g/mol. The van der Waals surface area contributed by atoms with Crippen molar-refractivity contribution in [2.75, 3.05) is 35.3 Å². The van der Waals surface area contributed by atoms with Crippen molar-refractivity contribution in [2.24, 2.45) is 0 Å². The van der Waals surface area contributed by atoms with Crippen LogP contribution in [0.25, 0.3) is 5.65 Å². The quantitative estimate of drug-likeness (QED) is 0.265. The molecule has 1 unspecified atom stereocenters. The van der Waals surface area contributed by atoms with E-state index in [4.69, 9.17) is 14.5 Å². The Labute approximate surface area is 277 Å². The molecule has 47 heavy (non-hydrogen) atoms. The van der Waals surface area contributed by atoms with Crippen LogP contribution in [0.4, 0.5) is 22.1 Å². The number of hydrogen-bond acceptors (Lipinski definition) is 8. The predicted octanol–water partition coefficient (Wildman–Crippen LogP) is 6.14. The van der Waals surface area contributed by atoms with Crippen LogP contribution in [0.1, 0.15) is 84.8 Å². The summed E-state index contributed by atoms with van der Waals surface area (Å²) in [7, 11) is 0. The van der Waals surface area contributed by atoms with Gasteiger partial charge < -0.3 is 25.0 Å². The van der Waals surface area contributed by atoms with Gasteiger partial charge in [-0.25, -0.2) is 9.78 Å². The highest BCUT2D eigenvalue weighted by Gasteiger charge is 2.36. The summed E-state index contributed by atoms with van der Waals surface area (Å²) >= 11 is 0. The van der Waals surface area contributed by atoms with Gasteiger partial charge in [0.05, 0.1) is 12.7 Å².